The molecule has 2 aromatic rings. The number of nitrogens with zero attached hydrogens (tertiary/aromatic N) is 4. The third-order valence-electron chi connectivity index (χ3n) is 4.39. The van der Waals surface area contributed by atoms with E-state index in [1.807, 2.05) is 24.3 Å². The number of benzene rings is 2. The molecule has 0 saturated carbocycles. The molecule has 28 heavy (non-hydrogen) atoms. The smallest absolute Gasteiger partial charge is 0.270 e. The highest BCUT2D eigenvalue weighted by Gasteiger charge is 2.21. The van der Waals surface area contributed by atoms with E-state index in [1.54, 1.807) is 6.07 Å². The molecule has 0 spiro atoms. The molecule has 0 amide bonds. The summed E-state index contributed by atoms with van der Waals surface area (Å²) in [7, 11) is 0. The van der Waals surface area contributed by atoms with Crippen molar-refractivity contribution < 1.29 is 4.92 Å². The van der Waals surface area contributed by atoms with Crippen LogP contribution in [0.1, 0.15) is 5.56 Å². The Morgan fingerprint density at radius 1 is 1.21 bits per heavy atom. The third kappa shape index (κ3) is 4.87. The van der Waals surface area contributed by atoms with Gasteiger partial charge in [0, 0.05) is 60.3 Å². The van der Waals surface area contributed by atoms with Gasteiger partial charge >= 0.3 is 0 Å². The third-order valence-corrected chi connectivity index (χ3v) is 4.72. The van der Waals surface area contributed by atoms with Crippen LogP contribution >= 0.6 is 23.8 Å². The van der Waals surface area contributed by atoms with E-state index in [0.29, 0.717) is 10.6 Å². The quantitative estimate of drug-likeness (QED) is 0.333. The molecule has 1 saturated heterocycles. The van der Waals surface area contributed by atoms with Crippen molar-refractivity contribution in [3.8, 4) is 0 Å². The number of nitro benzene ring substituents is 1. The molecular formula is C18H19ClN6O2S. The van der Waals surface area contributed by atoms with E-state index in [-0.39, 0.29) is 10.8 Å². The van der Waals surface area contributed by atoms with Crippen molar-refractivity contribution in [2.75, 3.05) is 36.0 Å². The SMILES string of the molecule is NC(=S)N/N=C/c1cc([N+](=O)[O-])ccc1N1CCN(c2cccc(Cl)c2)CC1. The minimum Gasteiger partial charge on any atom is -0.375 e. The number of halogens is 1. The maximum Gasteiger partial charge on any atom is 0.270 e. The molecule has 2 aromatic carbocycles. The van der Waals surface area contributed by atoms with Crippen LogP contribution in [0, 0.1) is 10.1 Å². The van der Waals surface area contributed by atoms with Gasteiger partial charge in [-0.15, -0.1) is 0 Å². The van der Waals surface area contributed by atoms with E-state index in [0.717, 1.165) is 37.6 Å². The topological polar surface area (TPSA) is 100 Å². The zero-order valence-electron chi connectivity index (χ0n) is 14.9. The van der Waals surface area contributed by atoms with Gasteiger partial charge in [0.15, 0.2) is 5.11 Å². The Morgan fingerprint density at radius 2 is 1.93 bits per heavy atom. The van der Waals surface area contributed by atoms with Crippen LogP contribution in [0.3, 0.4) is 0 Å². The van der Waals surface area contributed by atoms with Crippen molar-refractivity contribution in [3.05, 3.63) is 63.2 Å². The molecule has 0 radical (unpaired) electrons. The van der Waals surface area contributed by atoms with E-state index < -0.39 is 4.92 Å². The van der Waals surface area contributed by atoms with Crippen LogP contribution < -0.4 is 21.0 Å². The van der Waals surface area contributed by atoms with E-state index in [9.17, 15) is 10.1 Å². The highest BCUT2D eigenvalue weighted by molar-refractivity contribution is 7.80. The zero-order valence-corrected chi connectivity index (χ0v) is 16.5. The predicted molar refractivity (Wildman–Crippen MR) is 116 cm³/mol. The average Bonchev–Trinajstić information content (AvgIpc) is 2.68. The standard InChI is InChI=1S/C18H19ClN6O2S/c19-14-2-1-3-15(11-14)23-6-8-24(9-7-23)17-5-4-16(25(26)27)10-13(17)12-21-22-18(20)28/h1-5,10-12H,6-9H2,(H3,20,22,28)/b21-12+. The van der Waals surface area contributed by atoms with Crippen molar-refractivity contribution >= 4 is 52.2 Å². The van der Waals surface area contributed by atoms with Gasteiger partial charge in [-0.3, -0.25) is 15.5 Å². The van der Waals surface area contributed by atoms with Crippen LogP contribution in [0.4, 0.5) is 17.1 Å². The molecule has 1 aliphatic rings. The second-order valence-corrected chi connectivity index (χ2v) is 7.06. The van der Waals surface area contributed by atoms with Gasteiger partial charge < -0.3 is 15.5 Å². The zero-order chi connectivity index (χ0) is 20.1. The summed E-state index contributed by atoms with van der Waals surface area (Å²) in [5.41, 5.74) is 10.4. The van der Waals surface area contributed by atoms with Crippen LogP contribution in [0.5, 0.6) is 0 Å². The fourth-order valence-corrected chi connectivity index (χ4v) is 3.33. The van der Waals surface area contributed by atoms with Gasteiger partial charge in [0.05, 0.1) is 11.1 Å². The van der Waals surface area contributed by atoms with E-state index in [1.165, 1.54) is 18.3 Å². The number of rotatable bonds is 5. The number of nitrogens with one attached hydrogen (secondary N) is 1. The Morgan fingerprint density at radius 3 is 2.57 bits per heavy atom. The number of hydrogen-bond donors (Lipinski definition) is 2. The summed E-state index contributed by atoms with van der Waals surface area (Å²) in [4.78, 5) is 15.1. The van der Waals surface area contributed by atoms with Gasteiger partial charge in [0.1, 0.15) is 0 Å². The molecule has 0 atom stereocenters. The summed E-state index contributed by atoms with van der Waals surface area (Å²) in [5.74, 6) is 0. The second-order valence-electron chi connectivity index (χ2n) is 6.19. The summed E-state index contributed by atoms with van der Waals surface area (Å²) in [6.45, 7) is 3.12. The average molecular weight is 419 g/mol. The predicted octanol–water partition coefficient (Wildman–Crippen LogP) is 2.74. The molecule has 10 heteroatoms. The molecule has 0 aromatic heterocycles. The Hall–Kier alpha value is -2.91. The molecule has 1 fully saturated rings. The van der Waals surface area contributed by atoms with Gasteiger partial charge in [-0.2, -0.15) is 5.10 Å². The first-order chi connectivity index (χ1) is 13.4. The van der Waals surface area contributed by atoms with Crippen molar-refractivity contribution in [1.82, 2.24) is 5.43 Å². The van der Waals surface area contributed by atoms with Gasteiger partial charge in [0.2, 0.25) is 0 Å². The molecule has 1 aliphatic heterocycles. The summed E-state index contributed by atoms with van der Waals surface area (Å²) < 4.78 is 0. The van der Waals surface area contributed by atoms with Crippen LogP contribution in [-0.4, -0.2) is 42.4 Å². The maximum absolute atomic E-state index is 11.1. The summed E-state index contributed by atoms with van der Waals surface area (Å²) in [6.07, 6.45) is 1.49. The summed E-state index contributed by atoms with van der Waals surface area (Å²) >= 11 is 10.8. The highest BCUT2D eigenvalue weighted by Crippen LogP contribution is 2.27. The fraction of sp³-hybridized carbons (Fsp3) is 0.222. The monoisotopic (exact) mass is 418 g/mol. The number of hydrazone groups is 1. The number of anilines is 2. The molecule has 0 aliphatic carbocycles. The Kier molecular flexibility index (Phi) is 6.27. The van der Waals surface area contributed by atoms with Crippen molar-refractivity contribution in [1.29, 1.82) is 0 Å². The normalized spacial score (nSPS) is 14.3. The van der Waals surface area contributed by atoms with Gasteiger partial charge in [0.25, 0.3) is 5.69 Å². The Balaban J connectivity index is 1.78. The first kappa shape index (κ1) is 19.8. The Bertz CT molecular complexity index is 915. The number of nitrogens with two attached hydrogens (primary N) is 1. The number of thiocarbonyl (C=S) groups is 1. The minimum atomic E-state index is -0.431. The van der Waals surface area contributed by atoms with Gasteiger partial charge in [-0.05, 0) is 36.5 Å². The number of nitro groups is 1. The molecule has 8 nitrogen and oxygen atoms in total. The van der Waals surface area contributed by atoms with Crippen molar-refractivity contribution in [2.24, 2.45) is 10.8 Å². The lowest BCUT2D eigenvalue weighted by Crippen LogP contribution is -2.46. The fourth-order valence-electron chi connectivity index (χ4n) is 3.09. The van der Waals surface area contributed by atoms with Crippen LogP contribution in [-0.2, 0) is 0 Å². The van der Waals surface area contributed by atoms with Crippen molar-refractivity contribution in [2.45, 2.75) is 0 Å². The lowest BCUT2D eigenvalue weighted by molar-refractivity contribution is -0.384. The first-order valence-corrected chi connectivity index (χ1v) is 9.35. The number of non-ortho nitro benzene ring substituents is 1. The molecule has 3 N–H and O–H groups in total. The first-order valence-electron chi connectivity index (χ1n) is 8.56. The molecule has 3 rings (SSSR count). The number of hydrogen-bond acceptors (Lipinski definition) is 6. The van der Waals surface area contributed by atoms with Gasteiger partial charge in [-0.25, -0.2) is 0 Å². The highest BCUT2D eigenvalue weighted by atomic mass is 35.5. The largest absolute Gasteiger partial charge is 0.375 e. The lowest BCUT2D eigenvalue weighted by Gasteiger charge is -2.38. The lowest BCUT2D eigenvalue weighted by atomic mass is 10.1. The second kappa shape index (κ2) is 8.85. The molecule has 0 bridgehead atoms. The minimum absolute atomic E-state index is 0.00177. The molecule has 146 valence electrons. The van der Waals surface area contributed by atoms with E-state index in [2.05, 4.69) is 20.3 Å². The Labute approximate surface area is 172 Å². The maximum atomic E-state index is 11.1. The van der Waals surface area contributed by atoms with Gasteiger partial charge in [-0.1, -0.05) is 17.7 Å². The molecular weight excluding hydrogens is 400 g/mol. The summed E-state index contributed by atoms with van der Waals surface area (Å²) in [6, 6.07) is 12.5. The summed E-state index contributed by atoms with van der Waals surface area (Å²) in [5, 5.41) is 15.8. The van der Waals surface area contributed by atoms with Crippen LogP contribution in [0.2, 0.25) is 5.02 Å². The molecule has 0 unspecified atom stereocenters. The van der Waals surface area contributed by atoms with E-state index in [4.69, 9.17) is 29.6 Å². The van der Waals surface area contributed by atoms with E-state index >= 15 is 0 Å². The number of piperazine rings is 1. The van der Waals surface area contributed by atoms with Crippen LogP contribution in [0.25, 0.3) is 0 Å². The van der Waals surface area contributed by atoms with Crippen molar-refractivity contribution in [3.63, 3.8) is 0 Å². The molecule has 1 heterocycles. The van der Waals surface area contributed by atoms with Crippen LogP contribution in [0.15, 0.2) is 47.6 Å².